The van der Waals surface area contributed by atoms with Crippen LogP contribution < -0.4 is 0 Å². The first-order valence-corrected chi connectivity index (χ1v) is 11.8. The summed E-state index contributed by atoms with van der Waals surface area (Å²) < 4.78 is 14.7. The van der Waals surface area contributed by atoms with Crippen LogP contribution in [-0.2, 0) is 21.7 Å². The van der Waals surface area contributed by atoms with Gasteiger partial charge < -0.3 is 14.4 Å². The van der Waals surface area contributed by atoms with Crippen LogP contribution in [0.15, 0.2) is 47.1 Å². The highest BCUT2D eigenvalue weighted by molar-refractivity contribution is 9.10. The fourth-order valence-electron chi connectivity index (χ4n) is 4.95. The van der Waals surface area contributed by atoms with Gasteiger partial charge in [0.25, 0.3) is 5.91 Å². The van der Waals surface area contributed by atoms with E-state index in [0.717, 1.165) is 21.4 Å². The van der Waals surface area contributed by atoms with Gasteiger partial charge in [0.05, 0.1) is 37.2 Å². The van der Waals surface area contributed by atoms with Gasteiger partial charge in [-0.15, -0.1) is 5.10 Å². The van der Waals surface area contributed by atoms with Gasteiger partial charge in [-0.2, -0.15) is 0 Å². The molecule has 3 aliphatic heterocycles. The van der Waals surface area contributed by atoms with E-state index in [1.54, 1.807) is 15.8 Å². The van der Waals surface area contributed by atoms with Crippen molar-refractivity contribution in [1.29, 1.82) is 0 Å². The average Bonchev–Trinajstić information content (AvgIpc) is 3.39. The SMILES string of the molecule is CC1CN2Cc3nc(C(=O)N4CCOCC4)nn3-c3ccc(Br)cc3C2(c2ccccn2)O1. The molecule has 0 saturated carbocycles. The summed E-state index contributed by atoms with van der Waals surface area (Å²) >= 11 is 3.63. The van der Waals surface area contributed by atoms with Crippen LogP contribution in [0, 0.1) is 0 Å². The van der Waals surface area contributed by atoms with Crippen molar-refractivity contribution < 1.29 is 14.3 Å². The monoisotopic (exact) mass is 510 g/mol. The number of hydrogen-bond donors (Lipinski definition) is 0. The van der Waals surface area contributed by atoms with Gasteiger partial charge in [0.2, 0.25) is 5.82 Å². The maximum Gasteiger partial charge on any atom is 0.293 e. The highest BCUT2D eigenvalue weighted by atomic mass is 79.9. The van der Waals surface area contributed by atoms with Crippen molar-refractivity contribution in [1.82, 2.24) is 29.5 Å². The van der Waals surface area contributed by atoms with Crippen molar-refractivity contribution in [2.75, 3.05) is 32.8 Å². The first-order chi connectivity index (χ1) is 16.1. The Bertz CT molecular complexity index is 1210. The normalized spacial score (nSPS) is 24.7. The van der Waals surface area contributed by atoms with E-state index >= 15 is 0 Å². The van der Waals surface area contributed by atoms with Crippen molar-refractivity contribution in [2.24, 2.45) is 0 Å². The predicted molar refractivity (Wildman–Crippen MR) is 122 cm³/mol. The average molecular weight is 511 g/mol. The third-order valence-electron chi connectivity index (χ3n) is 6.35. The minimum Gasteiger partial charge on any atom is -0.378 e. The van der Waals surface area contributed by atoms with E-state index in [-0.39, 0.29) is 17.8 Å². The second-order valence-corrected chi connectivity index (χ2v) is 9.41. The Balaban J connectivity index is 1.52. The Hall–Kier alpha value is -2.66. The maximum atomic E-state index is 13.1. The number of carbonyl (C=O) groups is 1. The van der Waals surface area contributed by atoms with Crippen molar-refractivity contribution in [3.8, 4) is 5.69 Å². The summed E-state index contributed by atoms with van der Waals surface area (Å²) in [5, 5.41) is 4.68. The highest BCUT2D eigenvalue weighted by Crippen LogP contribution is 2.47. The Morgan fingerprint density at radius 3 is 2.85 bits per heavy atom. The number of hydrogen-bond acceptors (Lipinski definition) is 7. The molecular weight excluding hydrogens is 488 g/mol. The number of carbonyl (C=O) groups excluding carboxylic acids is 1. The third kappa shape index (κ3) is 3.31. The molecular formula is C23H23BrN6O3. The molecule has 3 aliphatic rings. The number of halogens is 1. The number of pyridine rings is 1. The summed E-state index contributed by atoms with van der Waals surface area (Å²) in [5.41, 5.74) is 1.67. The summed E-state index contributed by atoms with van der Waals surface area (Å²) in [7, 11) is 0. The Morgan fingerprint density at radius 1 is 1.21 bits per heavy atom. The Kier molecular flexibility index (Phi) is 5.06. The summed E-state index contributed by atoms with van der Waals surface area (Å²) in [4.78, 5) is 26.5. The smallest absolute Gasteiger partial charge is 0.293 e. The molecule has 0 spiro atoms. The van der Waals surface area contributed by atoms with E-state index in [4.69, 9.17) is 14.5 Å². The van der Waals surface area contributed by atoms with E-state index in [0.29, 0.717) is 45.2 Å². The standard InChI is InChI=1S/C23H23BrN6O3/c1-15-13-29-14-20-26-21(22(31)28-8-10-32-11-9-28)27-30(20)18-6-5-16(24)12-17(18)23(29,33-15)19-4-2-3-7-25-19/h2-7,12,15H,8-11,13-14H2,1H3. The maximum absolute atomic E-state index is 13.1. The van der Waals surface area contributed by atoms with E-state index in [9.17, 15) is 4.79 Å². The second-order valence-electron chi connectivity index (χ2n) is 8.50. The van der Waals surface area contributed by atoms with Gasteiger partial charge >= 0.3 is 0 Å². The van der Waals surface area contributed by atoms with Crippen LogP contribution >= 0.6 is 15.9 Å². The van der Waals surface area contributed by atoms with Crippen molar-refractivity contribution in [3.05, 3.63) is 70.0 Å². The van der Waals surface area contributed by atoms with Gasteiger partial charge in [0, 0.05) is 35.9 Å². The van der Waals surface area contributed by atoms with Gasteiger partial charge in [-0.3, -0.25) is 14.7 Å². The van der Waals surface area contributed by atoms with Crippen molar-refractivity contribution in [2.45, 2.75) is 25.3 Å². The van der Waals surface area contributed by atoms with Crippen LogP contribution in [0.25, 0.3) is 5.69 Å². The quantitative estimate of drug-likeness (QED) is 0.522. The molecule has 3 aromatic rings. The zero-order chi connectivity index (χ0) is 22.6. The first kappa shape index (κ1) is 20.9. The first-order valence-electron chi connectivity index (χ1n) is 11.0. The number of aromatic nitrogens is 4. The number of rotatable bonds is 2. The molecule has 2 unspecified atom stereocenters. The van der Waals surface area contributed by atoms with Gasteiger partial charge in [-0.05, 0) is 37.3 Å². The number of amides is 1. The molecule has 0 N–H and O–H groups in total. The minimum atomic E-state index is -0.878. The molecule has 0 aliphatic carbocycles. The van der Waals surface area contributed by atoms with E-state index < -0.39 is 5.72 Å². The largest absolute Gasteiger partial charge is 0.378 e. The van der Waals surface area contributed by atoms with Crippen molar-refractivity contribution >= 4 is 21.8 Å². The molecule has 1 aromatic carbocycles. The third-order valence-corrected chi connectivity index (χ3v) is 6.85. The topological polar surface area (TPSA) is 85.6 Å². The van der Waals surface area contributed by atoms with Crippen molar-refractivity contribution in [3.63, 3.8) is 0 Å². The molecule has 1 amide bonds. The number of morpholine rings is 1. The van der Waals surface area contributed by atoms with Gasteiger partial charge in [0.1, 0.15) is 5.82 Å². The summed E-state index contributed by atoms with van der Waals surface area (Å²) in [5.74, 6) is 0.740. The summed E-state index contributed by atoms with van der Waals surface area (Å²) in [6.07, 6.45) is 1.77. The van der Waals surface area contributed by atoms with Crippen LogP contribution in [-0.4, -0.2) is 74.4 Å². The molecule has 2 saturated heterocycles. The van der Waals surface area contributed by atoms with Crippen LogP contribution in [0.1, 0.15) is 34.6 Å². The molecule has 0 bridgehead atoms. The van der Waals surface area contributed by atoms with Crippen LogP contribution in [0.3, 0.4) is 0 Å². The van der Waals surface area contributed by atoms with Gasteiger partial charge in [-0.25, -0.2) is 9.67 Å². The Labute approximate surface area is 199 Å². The number of fused-ring (bicyclic) bond motifs is 5. The zero-order valence-corrected chi connectivity index (χ0v) is 19.7. The highest BCUT2D eigenvalue weighted by Gasteiger charge is 2.53. The lowest BCUT2D eigenvalue weighted by Crippen LogP contribution is -2.43. The molecule has 5 heterocycles. The number of benzene rings is 1. The molecule has 9 nitrogen and oxygen atoms in total. The molecule has 2 atom stereocenters. The summed E-state index contributed by atoms with van der Waals surface area (Å²) in [6.45, 7) is 5.39. The fraction of sp³-hybridized carbons (Fsp3) is 0.391. The van der Waals surface area contributed by atoms with E-state index in [1.165, 1.54) is 0 Å². The zero-order valence-electron chi connectivity index (χ0n) is 18.1. The van der Waals surface area contributed by atoms with Gasteiger partial charge in [0.15, 0.2) is 5.72 Å². The molecule has 6 rings (SSSR count). The molecule has 10 heteroatoms. The van der Waals surface area contributed by atoms with Crippen LogP contribution in [0.2, 0.25) is 0 Å². The van der Waals surface area contributed by atoms with E-state index in [2.05, 4.69) is 43.9 Å². The lowest BCUT2D eigenvalue weighted by Gasteiger charge is -2.36. The lowest BCUT2D eigenvalue weighted by atomic mass is 9.95. The molecule has 170 valence electrons. The van der Waals surface area contributed by atoms with E-state index in [1.807, 2.05) is 30.3 Å². The van der Waals surface area contributed by atoms with Gasteiger partial charge in [-0.1, -0.05) is 22.0 Å². The predicted octanol–water partition coefficient (Wildman–Crippen LogP) is 2.33. The lowest BCUT2D eigenvalue weighted by molar-refractivity contribution is -0.0790. The minimum absolute atomic E-state index is 0.0113. The number of ether oxygens (including phenoxy) is 2. The second kappa shape index (κ2) is 7.98. The molecule has 2 aromatic heterocycles. The molecule has 2 fully saturated rings. The fourth-order valence-corrected chi connectivity index (χ4v) is 5.31. The summed E-state index contributed by atoms with van der Waals surface area (Å²) in [6, 6.07) is 11.9. The van der Waals surface area contributed by atoms with Crippen LogP contribution in [0.4, 0.5) is 0 Å². The van der Waals surface area contributed by atoms with Crippen LogP contribution in [0.5, 0.6) is 0 Å². The molecule has 0 radical (unpaired) electrons. The Morgan fingerprint density at radius 2 is 2.06 bits per heavy atom. The number of nitrogens with zero attached hydrogens (tertiary/aromatic N) is 6. The molecule has 33 heavy (non-hydrogen) atoms.